The van der Waals surface area contributed by atoms with Crippen LogP contribution in [0.5, 0.6) is 0 Å². The standard InChI is InChI=1S/C9H13N5OS/c1-3-10-8-12-11-7(16-8)6-14-5-4-13(2)9(14)15/h4-5H,3,6H2,1-2H3,(H,10,12). The molecule has 0 fully saturated rings. The van der Waals surface area contributed by atoms with Crippen molar-refractivity contribution in [2.75, 3.05) is 11.9 Å². The van der Waals surface area contributed by atoms with Crippen molar-refractivity contribution < 1.29 is 0 Å². The molecule has 0 aliphatic heterocycles. The normalized spacial score (nSPS) is 10.6. The highest BCUT2D eigenvalue weighted by atomic mass is 32.1. The van der Waals surface area contributed by atoms with Gasteiger partial charge in [-0.25, -0.2) is 4.79 Å². The van der Waals surface area contributed by atoms with Gasteiger partial charge in [0.1, 0.15) is 5.01 Å². The highest BCUT2D eigenvalue weighted by Gasteiger charge is 2.06. The van der Waals surface area contributed by atoms with Gasteiger partial charge in [-0.3, -0.25) is 4.57 Å². The van der Waals surface area contributed by atoms with Crippen LogP contribution in [0.15, 0.2) is 17.2 Å². The lowest BCUT2D eigenvalue weighted by Gasteiger charge is -1.95. The van der Waals surface area contributed by atoms with Crippen LogP contribution in [-0.2, 0) is 13.6 Å². The SMILES string of the molecule is CCNc1nnc(Cn2ccn(C)c2=O)s1. The van der Waals surface area contributed by atoms with Crippen molar-refractivity contribution in [2.45, 2.75) is 13.5 Å². The molecular formula is C9H13N5OS. The van der Waals surface area contributed by atoms with Gasteiger partial charge in [-0.2, -0.15) is 0 Å². The lowest BCUT2D eigenvalue weighted by Crippen LogP contribution is -2.22. The summed E-state index contributed by atoms with van der Waals surface area (Å²) in [6.45, 7) is 3.30. The minimum Gasteiger partial charge on any atom is -0.360 e. The van der Waals surface area contributed by atoms with E-state index in [2.05, 4.69) is 15.5 Å². The molecule has 0 saturated heterocycles. The number of rotatable bonds is 4. The maximum atomic E-state index is 11.6. The summed E-state index contributed by atoms with van der Waals surface area (Å²) in [5.74, 6) is 0. The number of imidazole rings is 1. The Balaban J connectivity index is 2.14. The summed E-state index contributed by atoms with van der Waals surface area (Å²) in [6, 6.07) is 0. The molecule has 0 bridgehead atoms. The summed E-state index contributed by atoms with van der Waals surface area (Å²) in [4.78, 5) is 11.6. The van der Waals surface area contributed by atoms with Gasteiger partial charge < -0.3 is 9.88 Å². The highest BCUT2D eigenvalue weighted by molar-refractivity contribution is 7.15. The van der Waals surface area contributed by atoms with Crippen molar-refractivity contribution >= 4 is 16.5 Å². The summed E-state index contributed by atoms with van der Waals surface area (Å²) in [5, 5.41) is 12.7. The maximum Gasteiger partial charge on any atom is 0.328 e. The third kappa shape index (κ3) is 2.13. The number of aromatic nitrogens is 4. The highest BCUT2D eigenvalue weighted by Crippen LogP contribution is 2.15. The third-order valence-corrected chi connectivity index (χ3v) is 2.98. The van der Waals surface area contributed by atoms with Gasteiger partial charge in [-0.1, -0.05) is 11.3 Å². The predicted molar refractivity (Wildman–Crippen MR) is 62.8 cm³/mol. The van der Waals surface area contributed by atoms with Gasteiger partial charge >= 0.3 is 5.69 Å². The molecule has 2 heterocycles. The maximum absolute atomic E-state index is 11.6. The lowest BCUT2D eigenvalue weighted by molar-refractivity contribution is 0.708. The van der Waals surface area contributed by atoms with Gasteiger partial charge in [0, 0.05) is 26.0 Å². The van der Waals surface area contributed by atoms with E-state index in [0.29, 0.717) is 6.54 Å². The first-order valence-electron chi connectivity index (χ1n) is 4.98. The fraction of sp³-hybridized carbons (Fsp3) is 0.444. The van der Waals surface area contributed by atoms with E-state index in [1.165, 1.54) is 15.9 Å². The third-order valence-electron chi connectivity index (χ3n) is 2.12. The number of anilines is 1. The molecule has 2 aromatic heterocycles. The van der Waals surface area contributed by atoms with Crippen molar-refractivity contribution in [1.82, 2.24) is 19.3 Å². The molecule has 16 heavy (non-hydrogen) atoms. The Morgan fingerprint density at radius 2 is 2.25 bits per heavy atom. The van der Waals surface area contributed by atoms with Crippen molar-refractivity contribution in [3.63, 3.8) is 0 Å². The van der Waals surface area contributed by atoms with E-state index in [4.69, 9.17) is 0 Å². The molecule has 2 rings (SSSR count). The second-order valence-electron chi connectivity index (χ2n) is 3.35. The molecule has 0 atom stereocenters. The smallest absolute Gasteiger partial charge is 0.328 e. The lowest BCUT2D eigenvalue weighted by atomic mass is 10.6. The van der Waals surface area contributed by atoms with E-state index < -0.39 is 0 Å². The molecule has 0 radical (unpaired) electrons. The second kappa shape index (κ2) is 4.48. The van der Waals surface area contributed by atoms with Crippen LogP contribution in [0.1, 0.15) is 11.9 Å². The van der Waals surface area contributed by atoms with Crippen LogP contribution in [0, 0.1) is 0 Å². The van der Waals surface area contributed by atoms with Gasteiger partial charge in [0.2, 0.25) is 5.13 Å². The summed E-state index contributed by atoms with van der Waals surface area (Å²) in [7, 11) is 1.73. The van der Waals surface area contributed by atoms with Crippen molar-refractivity contribution in [2.24, 2.45) is 7.05 Å². The number of hydrogen-bond donors (Lipinski definition) is 1. The number of nitrogens with one attached hydrogen (secondary N) is 1. The van der Waals surface area contributed by atoms with Gasteiger partial charge in [-0.15, -0.1) is 10.2 Å². The summed E-state index contributed by atoms with van der Waals surface area (Å²) in [6.07, 6.45) is 3.48. The van der Waals surface area contributed by atoms with E-state index in [9.17, 15) is 4.79 Å². The fourth-order valence-corrected chi connectivity index (χ4v) is 2.12. The zero-order chi connectivity index (χ0) is 11.5. The first kappa shape index (κ1) is 10.9. The molecule has 0 aromatic carbocycles. The molecule has 0 aliphatic carbocycles. The zero-order valence-corrected chi connectivity index (χ0v) is 9.99. The topological polar surface area (TPSA) is 64.7 Å². The molecule has 6 nitrogen and oxygen atoms in total. The molecule has 86 valence electrons. The van der Waals surface area contributed by atoms with Crippen molar-refractivity contribution in [1.29, 1.82) is 0 Å². The van der Waals surface area contributed by atoms with Crippen LogP contribution in [-0.4, -0.2) is 25.9 Å². The van der Waals surface area contributed by atoms with Gasteiger partial charge in [0.25, 0.3) is 0 Å². The minimum absolute atomic E-state index is 0.0415. The molecule has 1 N–H and O–H groups in total. The Morgan fingerprint density at radius 1 is 1.44 bits per heavy atom. The first-order chi connectivity index (χ1) is 7.70. The Morgan fingerprint density at radius 3 is 2.88 bits per heavy atom. The van der Waals surface area contributed by atoms with E-state index in [0.717, 1.165) is 16.7 Å². The average Bonchev–Trinajstić information content (AvgIpc) is 2.82. The van der Waals surface area contributed by atoms with E-state index in [-0.39, 0.29) is 5.69 Å². The average molecular weight is 239 g/mol. The van der Waals surface area contributed by atoms with E-state index in [1.54, 1.807) is 24.0 Å². The number of nitrogens with zero attached hydrogens (tertiary/aromatic N) is 4. The van der Waals surface area contributed by atoms with Crippen molar-refractivity contribution in [3.05, 3.63) is 27.9 Å². The van der Waals surface area contributed by atoms with Crippen LogP contribution in [0.4, 0.5) is 5.13 Å². The quantitative estimate of drug-likeness (QED) is 0.844. The van der Waals surface area contributed by atoms with Crippen molar-refractivity contribution in [3.8, 4) is 0 Å². The van der Waals surface area contributed by atoms with Crippen LogP contribution in [0.25, 0.3) is 0 Å². The van der Waals surface area contributed by atoms with Crippen LogP contribution in [0.3, 0.4) is 0 Å². The summed E-state index contributed by atoms with van der Waals surface area (Å²) < 4.78 is 3.14. The van der Waals surface area contributed by atoms with E-state index >= 15 is 0 Å². The number of hydrogen-bond acceptors (Lipinski definition) is 5. The Labute approximate surface area is 96.6 Å². The summed E-state index contributed by atoms with van der Waals surface area (Å²) in [5.41, 5.74) is -0.0415. The summed E-state index contributed by atoms with van der Waals surface area (Å²) >= 11 is 1.47. The Hall–Kier alpha value is -1.63. The molecule has 0 saturated carbocycles. The minimum atomic E-state index is -0.0415. The monoisotopic (exact) mass is 239 g/mol. The molecule has 7 heteroatoms. The molecule has 0 aliphatic rings. The first-order valence-corrected chi connectivity index (χ1v) is 5.80. The predicted octanol–water partition coefficient (Wildman–Crippen LogP) is 0.518. The molecule has 0 amide bonds. The fourth-order valence-electron chi connectivity index (χ4n) is 1.32. The number of aryl methyl sites for hydroxylation is 1. The largest absolute Gasteiger partial charge is 0.360 e. The van der Waals surface area contributed by atoms with Gasteiger partial charge in [0.05, 0.1) is 6.54 Å². The zero-order valence-electron chi connectivity index (χ0n) is 9.17. The molecular weight excluding hydrogens is 226 g/mol. The Kier molecular flexibility index (Phi) is 3.04. The molecule has 2 aromatic rings. The molecule has 0 unspecified atom stereocenters. The van der Waals surface area contributed by atoms with E-state index in [1.807, 2.05) is 6.92 Å². The van der Waals surface area contributed by atoms with Crippen LogP contribution in [0.2, 0.25) is 0 Å². The van der Waals surface area contributed by atoms with Crippen LogP contribution >= 0.6 is 11.3 Å². The Bertz CT molecular complexity index is 526. The molecule has 0 spiro atoms. The van der Waals surface area contributed by atoms with Gasteiger partial charge in [-0.05, 0) is 6.92 Å². The van der Waals surface area contributed by atoms with Crippen LogP contribution < -0.4 is 11.0 Å². The second-order valence-corrected chi connectivity index (χ2v) is 4.41. The van der Waals surface area contributed by atoms with Gasteiger partial charge in [0.15, 0.2) is 0 Å².